The fourth-order valence-electron chi connectivity index (χ4n) is 4.23. The predicted molar refractivity (Wildman–Crippen MR) is 138 cm³/mol. The molecule has 0 aliphatic heterocycles. The molecular weight excluding hydrogens is 428 g/mol. The first-order valence-corrected chi connectivity index (χ1v) is 12.6. The van der Waals surface area contributed by atoms with Gasteiger partial charge in [0, 0.05) is 18.2 Å². The number of H-pyrrole nitrogens is 1. The van der Waals surface area contributed by atoms with Crippen LogP contribution in [0.15, 0.2) is 103 Å². The van der Waals surface area contributed by atoms with Gasteiger partial charge in [0.15, 0.2) is 0 Å². The number of aromatic amines is 1. The number of anilines is 1. The van der Waals surface area contributed by atoms with Gasteiger partial charge in [-0.1, -0.05) is 97.1 Å². The molecule has 0 saturated carbocycles. The molecule has 0 bridgehead atoms. The Morgan fingerprint density at radius 2 is 1.18 bits per heavy atom. The molecule has 4 aromatic carbocycles. The van der Waals surface area contributed by atoms with Gasteiger partial charge < -0.3 is 4.98 Å². The van der Waals surface area contributed by atoms with Crippen LogP contribution < -0.4 is 4.31 Å². The van der Waals surface area contributed by atoms with E-state index in [1.165, 1.54) is 10.6 Å². The van der Waals surface area contributed by atoms with Crippen molar-refractivity contribution in [3.8, 4) is 33.5 Å². The molecule has 5 rings (SSSR count). The third kappa shape index (κ3) is 3.92. The van der Waals surface area contributed by atoms with E-state index in [0.717, 1.165) is 44.3 Å². The Labute approximate surface area is 194 Å². The van der Waals surface area contributed by atoms with Crippen molar-refractivity contribution in [3.63, 3.8) is 0 Å². The molecule has 1 heterocycles. The molecule has 0 spiro atoms. The first kappa shape index (κ1) is 21.0. The zero-order valence-electron chi connectivity index (χ0n) is 18.5. The number of nitrogens with one attached hydrogen (secondary N) is 1. The molecule has 33 heavy (non-hydrogen) atoms. The number of benzene rings is 4. The summed E-state index contributed by atoms with van der Waals surface area (Å²) in [5, 5.41) is 2.29. The van der Waals surface area contributed by atoms with Crippen molar-refractivity contribution in [2.45, 2.75) is 0 Å². The van der Waals surface area contributed by atoms with Gasteiger partial charge in [-0.25, -0.2) is 8.42 Å². The molecule has 0 unspecified atom stereocenters. The highest BCUT2D eigenvalue weighted by Crippen LogP contribution is 2.46. The monoisotopic (exact) mass is 452 g/mol. The van der Waals surface area contributed by atoms with Gasteiger partial charge in [0.25, 0.3) is 0 Å². The van der Waals surface area contributed by atoms with E-state index in [0.29, 0.717) is 5.82 Å². The van der Waals surface area contributed by atoms with Crippen molar-refractivity contribution in [1.82, 2.24) is 4.98 Å². The zero-order chi connectivity index (χ0) is 23.0. The number of hydrogen-bond acceptors (Lipinski definition) is 2. The zero-order valence-corrected chi connectivity index (χ0v) is 19.3. The fourth-order valence-corrected chi connectivity index (χ4v) is 4.70. The topological polar surface area (TPSA) is 53.2 Å². The van der Waals surface area contributed by atoms with Gasteiger partial charge in [-0.3, -0.25) is 4.31 Å². The van der Waals surface area contributed by atoms with E-state index in [4.69, 9.17) is 0 Å². The Morgan fingerprint density at radius 3 is 1.79 bits per heavy atom. The quantitative estimate of drug-likeness (QED) is 0.328. The average Bonchev–Trinajstić information content (AvgIpc) is 3.24. The predicted octanol–water partition coefficient (Wildman–Crippen LogP) is 6.56. The van der Waals surface area contributed by atoms with E-state index >= 15 is 0 Å². The number of hydrogen-bond donors (Lipinski definition) is 1. The van der Waals surface area contributed by atoms with Crippen molar-refractivity contribution in [2.24, 2.45) is 0 Å². The van der Waals surface area contributed by atoms with Gasteiger partial charge in [0.05, 0.1) is 11.9 Å². The Morgan fingerprint density at radius 1 is 0.636 bits per heavy atom. The first-order valence-electron chi connectivity index (χ1n) is 10.7. The third-order valence-corrected chi connectivity index (χ3v) is 7.13. The van der Waals surface area contributed by atoms with Crippen LogP contribution >= 0.6 is 0 Å². The number of rotatable bonds is 5. The van der Waals surface area contributed by atoms with Crippen LogP contribution in [-0.2, 0) is 10.0 Å². The highest BCUT2D eigenvalue weighted by molar-refractivity contribution is 7.92. The molecule has 1 N–H and O–H groups in total. The summed E-state index contributed by atoms with van der Waals surface area (Å²) in [7, 11) is -1.90. The minimum absolute atomic E-state index is 0.547. The van der Waals surface area contributed by atoms with Crippen molar-refractivity contribution >= 4 is 26.6 Å². The third-order valence-electron chi connectivity index (χ3n) is 5.96. The molecule has 5 aromatic rings. The minimum Gasteiger partial charge on any atom is -0.340 e. The summed E-state index contributed by atoms with van der Waals surface area (Å²) in [5.41, 5.74) is 5.68. The molecule has 0 aliphatic rings. The molecule has 164 valence electrons. The normalized spacial score (nSPS) is 11.6. The summed E-state index contributed by atoms with van der Waals surface area (Å²) in [6.45, 7) is 0. The van der Waals surface area contributed by atoms with Crippen LogP contribution in [0.4, 0.5) is 5.82 Å². The fraction of sp³-hybridized carbons (Fsp3) is 0.0714. The Hall–Kier alpha value is -3.83. The highest BCUT2D eigenvalue weighted by atomic mass is 32.2. The van der Waals surface area contributed by atoms with Crippen LogP contribution in [0.3, 0.4) is 0 Å². The molecule has 1 aromatic heterocycles. The van der Waals surface area contributed by atoms with Crippen molar-refractivity contribution in [2.75, 3.05) is 17.6 Å². The van der Waals surface area contributed by atoms with E-state index in [1.54, 1.807) is 7.05 Å². The summed E-state index contributed by atoms with van der Waals surface area (Å²) < 4.78 is 26.5. The van der Waals surface area contributed by atoms with E-state index < -0.39 is 10.0 Å². The van der Waals surface area contributed by atoms with Crippen molar-refractivity contribution < 1.29 is 8.42 Å². The van der Waals surface area contributed by atoms with Crippen LogP contribution in [0.1, 0.15) is 0 Å². The molecule has 4 nitrogen and oxygen atoms in total. The van der Waals surface area contributed by atoms with Gasteiger partial charge in [0.1, 0.15) is 5.82 Å². The lowest BCUT2D eigenvalue weighted by Crippen LogP contribution is -2.25. The van der Waals surface area contributed by atoms with Crippen LogP contribution in [0.25, 0.3) is 44.3 Å². The molecule has 0 atom stereocenters. The number of nitrogens with zero attached hydrogens (tertiary/aromatic N) is 1. The van der Waals surface area contributed by atoms with E-state index in [2.05, 4.69) is 47.4 Å². The van der Waals surface area contributed by atoms with Crippen LogP contribution in [0, 0.1) is 0 Å². The largest absolute Gasteiger partial charge is 0.340 e. The van der Waals surface area contributed by atoms with E-state index in [9.17, 15) is 8.42 Å². The lowest BCUT2D eigenvalue weighted by Gasteiger charge is -2.18. The molecule has 0 saturated heterocycles. The Balaban J connectivity index is 1.88. The second-order valence-electron chi connectivity index (χ2n) is 8.12. The van der Waals surface area contributed by atoms with E-state index in [-0.39, 0.29) is 0 Å². The van der Waals surface area contributed by atoms with Crippen molar-refractivity contribution in [1.29, 1.82) is 0 Å². The molecule has 0 radical (unpaired) electrons. The Bertz CT molecular complexity index is 1540. The van der Waals surface area contributed by atoms with Crippen LogP contribution in [-0.4, -0.2) is 26.7 Å². The van der Waals surface area contributed by atoms with Gasteiger partial charge in [-0.05, 0) is 33.5 Å². The summed E-state index contributed by atoms with van der Waals surface area (Å²) in [6.07, 6.45) is 1.22. The summed E-state index contributed by atoms with van der Waals surface area (Å²) >= 11 is 0. The van der Waals surface area contributed by atoms with Crippen molar-refractivity contribution in [3.05, 3.63) is 103 Å². The maximum atomic E-state index is 12.6. The molecule has 5 heteroatoms. The smallest absolute Gasteiger partial charge is 0.233 e. The highest BCUT2D eigenvalue weighted by Gasteiger charge is 2.26. The van der Waals surface area contributed by atoms with Crippen LogP contribution in [0.5, 0.6) is 0 Å². The lowest BCUT2D eigenvalue weighted by atomic mass is 9.93. The van der Waals surface area contributed by atoms with Gasteiger partial charge in [-0.2, -0.15) is 0 Å². The first-order chi connectivity index (χ1) is 15.9. The molecule has 0 aliphatic carbocycles. The molecular formula is C28H24N2O2S. The maximum Gasteiger partial charge on any atom is 0.233 e. The molecule has 0 fully saturated rings. The van der Waals surface area contributed by atoms with Gasteiger partial charge in [-0.15, -0.1) is 0 Å². The van der Waals surface area contributed by atoms with Gasteiger partial charge >= 0.3 is 0 Å². The number of fused-ring (bicyclic) bond motifs is 1. The lowest BCUT2D eigenvalue weighted by molar-refractivity contribution is 0.600. The second kappa shape index (κ2) is 8.26. The standard InChI is InChI=1S/C28H24N2O2S/c1-30(33(2,31)32)28-26(22-14-7-4-8-15-22)25(21-12-5-3-6-13-21)27(29-28)24-18-17-20-11-9-10-16-23(20)19-24/h3-19,29H,1-2H3. The number of aromatic nitrogens is 1. The van der Waals surface area contributed by atoms with Crippen LogP contribution in [0.2, 0.25) is 0 Å². The van der Waals surface area contributed by atoms with E-state index in [1.807, 2.05) is 60.7 Å². The summed E-state index contributed by atoms with van der Waals surface area (Å²) in [6, 6.07) is 34.6. The maximum absolute atomic E-state index is 12.6. The summed E-state index contributed by atoms with van der Waals surface area (Å²) in [5.74, 6) is 0.547. The second-order valence-corrected chi connectivity index (χ2v) is 10.1. The molecule has 0 amide bonds. The minimum atomic E-state index is -3.49. The van der Waals surface area contributed by atoms with Gasteiger partial charge in [0.2, 0.25) is 10.0 Å². The average molecular weight is 453 g/mol. The summed E-state index contributed by atoms with van der Waals surface area (Å²) in [4.78, 5) is 3.48. The Kier molecular flexibility index (Phi) is 5.27. The number of sulfonamides is 1. The SMILES string of the molecule is CN(c1[nH]c(-c2ccc3ccccc3c2)c(-c2ccccc2)c1-c1ccccc1)S(C)(=O)=O.